The fraction of sp³-hybridized carbons (Fsp3) is 0.767. The fourth-order valence-electron chi connectivity index (χ4n) is 11.3. The number of anilines is 1. The van der Waals surface area contributed by atoms with Crippen LogP contribution >= 0.6 is 0 Å². The van der Waals surface area contributed by atoms with E-state index in [1.165, 1.54) is 7.11 Å². The van der Waals surface area contributed by atoms with Crippen LogP contribution in [-0.2, 0) is 18.9 Å². The number of carbonyl (C=O) groups is 1. The topological polar surface area (TPSA) is 144 Å². The lowest BCUT2D eigenvalue weighted by Crippen LogP contribution is -2.89. The number of likely N-dealkylation sites (N-methyl/N-ethyl adjacent to an activating group) is 1. The molecule has 40 heavy (non-hydrogen) atoms. The van der Waals surface area contributed by atoms with Gasteiger partial charge in [0.1, 0.15) is 22.4 Å². The second kappa shape index (κ2) is 8.40. The van der Waals surface area contributed by atoms with E-state index in [2.05, 4.69) is 11.8 Å². The van der Waals surface area contributed by atoms with Crippen molar-refractivity contribution in [2.24, 2.45) is 23.2 Å². The molecule has 1 saturated heterocycles. The van der Waals surface area contributed by atoms with E-state index >= 15 is 0 Å². The largest absolute Gasteiger partial charge is 0.454 e. The summed E-state index contributed by atoms with van der Waals surface area (Å²) in [5.74, 6) is -1.60. The van der Waals surface area contributed by atoms with Crippen LogP contribution in [0.25, 0.3) is 0 Å². The van der Waals surface area contributed by atoms with Crippen LogP contribution in [0.4, 0.5) is 5.69 Å². The second-order valence-corrected chi connectivity index (χ2v) is 13.2. The van der Waals surface area contributed by atoms with Crippen molar-refractivity contribution in [2.45, 2.75) is 85.8 Å². The van der Waals surface area contributed by atoms with Crippen molar-refractivity contribution in [3.05, 3.63) is 29.8 Å². The Morgan fingerprint density at radius 3 is 2.50 bits per heavy atom. The molecule has 1 aromatic carbocycles. The van der Waals surface area contributed by atoms with E-state index in [0.29, 0.717) is 43.6 Å². The molecule has 5 N–H and O–H groups in total. The lowest BCUT2D eigenvalue weighted by molar-refractivity contribution is -0.384. The van der Waals surface area contributed by atoms with E-state index in [9.17, 15) is 20.1 Å². The maximum Gasteiger partial charge on any atom is 0.340 e. The molecular formula is C30H42N2O8. The van der Waals surface area contributed by atoms with Gasteiger partial charge < -0.3 is 40.0 Å². The van der Waals surface area contributed by atoms with Gasteiger partial charge in [-0.1, -0.05) is 19.1 Å². The van der Waals surface area contributed by atoms with E-state index in [1.54, 1.807) is 38.5 Å². The number of methoxy groups -OCH3 is 3. The van der Waals surface area contributed by atoms with Crippen LogP contribution in [-0.4, -0.2) is 107 Å². The highest BCUT2D eigenvalue weighted by molar-refractivity contribution is 5.95. The predicted molar refractivity (Wildman–Crippen MR) is 143 cm³/mol. The lowest BCUT2D eigenvalue weighted by atomic mass is 9.42. The number of esters is 1. The van der Waals surface area contributed by atoms with E-state index in [0.717, 1.165) is 0 Å². The number of nitrogens with two attached hydrogens (primary N) is 1. The number of benzene rings is 1. The molecule has 0 radical (unpaired) electrons. The Hall–Kier alpha value is -1.79. The molecule has 1 heterocycles. The average Bonchev–Trinajstić information content (AvgIpc) is 3.34. The maximum atomic E-state index is 13.7. The van der Waals surface area contributed by atoms with Crippen molar-refractivity contribution in [1.29, 1.82) is 0 Å². The molecule has 10 nitrogen and oxygen atoms in total. The van der Waals surface area contributed by atoms with Crippen LogP contribution in [0.3, 0.4) is 0 Å². The first-order valence-corrected chi connectivity index (χ1v) is 14.6. The number of hydrogen-bond donors (Lipinski definition) is 4. The summed E-state index contributed by atoms with van der Waals surface area (Å²) >= 11 is 0. The minimum absolute atomic E-state index is 0.190. The van der Waals surface area contributed by atoms with Gasteiger partial charge >= 0.3 is 5.97 Å². The fourth-order valence-corrected chi connectivity index (χ4v) is 11.3. The summed E-state index contributed by atoms with van der Waals surface area (Å²) in [5.41, 5.74) is -0.569. The van der Waals surface area contributed by atoms with Crippen molar-refractivity contribution in [1.82, 2.24) is 4.90 Å². The number of carbonyl (C=O) groups excluding carboxylic acids is 1. The summed E-state index contributed by atoms with van der Waals surface area (Å²) in [5, 5.41) is 38.8. The van der Waals surface area contributed by atoms with E-state index in [-0.39, 0.29) is 36.8 Å². The number of nitrogen functional groups attached to an aromatic ring is 1. The summed E-state index contributed by atoms with van der Waals surface area (Å²) in [6.45, 7) is 3.14. The Morgan fingerprint density at radius 1 is 1.10 bits per heavy atom. The maximum absolute atomic E-state index is 13.7. The molecular weight excluding hydrogens is 516 g/mol. The Kier molecular flexibility index (Phi) is 5.68. The van der Waals surface area contributed by atoms with E-state index < -0.39 is 51.9 Å². The van der Waals surface area contributed by atoms with Crippen molar-refractivity contribution in [3.8, 4) is 0 Å². The van der Waals surface area contributed by atoms with Gasteiger partial charge in [0.2, 0.25) is 0 Å². The van der Waals surface area contributed by atoms with E-state index in [4.69, 9.17) is 24.7 Å². The summed E-state index contributed by atoms with van der Waals surface area (Å²) in [6.07, 6.45) is 0.298. The van der Waals surface area contributed by atoms with Crippen molar-refractivity contribution in [2.75, 3.05) is 40.2 Å². The summed E-state index contributed by atoms with van der Waals surface area (Å²) in [4.78, 5) is 16.0. The third-order valence-electron chi connectivity index (χ3n) is 12.5. The predicted octanol–water partition coefficient (Wildman–Crippen LogP) is 0.960. The quantitative estimate of drug-likeness (QED) is 0.294. The molecule has 10 heteroatoms. The van der Waals surface area contributed by atoms with Crippen LogP contribution in [0, 0.1) is 23.2 Å². The molecule has 0 amide bonds. The molecule has 6 fully saturated rings. The number of hydrogen-bond acceptors (Lipinski definition) is 10. The molecule has 6 aliphatic rings. The summed E-state index contributed by atoms with van der Waals surface area (Å²) in [6, 6.07) is 6.60. The monoisotopic (exact) mass is 558 g/mol. The van der Waals surface area contributed by atoms with Gasteiger partial charge in [-0.3, -0.25) is 4.90 Å². The zero-order valence-corrected chi connectivity index (χ0v) is 23.7. The highest BCUT2D eigenvalue weighted by atomic mass is 16.6. The van der Waals surface area contributed by atoms with Crippen LogP contribution in [0.2, 0.25) is 0 Å². The normalized spacial score (nSPS) is 52.0. The second-order valence-electron chi connectivity index (χ2n) is 13.2. The van der Waals surface area contributed by atoms with Crippen LogP contribution in [0.5, 0.6) is 0 Å². The number of rotatable bonds is 6. The minimum Gasteiger partial charge on any atom is -0.454 e. The number of piperidine rings is 1. The molecule has 1 spiro atoms. The van der Waals surface area contributed by atoms with Crippen molar-refractivity contribution >= 4 is 11.7 Å². The third kappa shape index (κ3) is 2.65. The first kappa shape index (κ1) is 27.1. The Morgan fingerprint density at radius 2 is 1.85 bits per heavy atom. The summed E-state index contributed by atoms with van der Waals surface area (Å²) < 4.78 is 24.6. The molecule has 5 saturated carbocycles. The molecule has 1 aromatic rings. The minimum atomic E-state index is -1.95. The number of likely N-dealkylation sites (tertiary alicyclic amines) is 1. The van der Waals surface area contributed by atoms with Gasteiger partial charge in [0, 0.05) is 63.8 Å². The standard InChI is InChI=1S/C30H42N2O8/c1-5-32-15-26(40-25(33)16-8-6-7-9-19(16)31)11-10-22(38-3)29-21(26)12-18(23(29)32)27(34)14-20(37-2)17-13-28(29,35)30(27,36)24(17)39-4/h6-9,17-18,20-24,34-36H,5,10-15,31H2,1-4H3/t17-,18+,20+,21-,22+,23?,24+,26-,27+,28-,29+,30+/m1/s1. The third-order valence-corrected chi connectivity index (χ3v) is 12.5. The van der Waals surface area contributed by atoms with E-state index in [1.807, 2.05) is 0 Å². The van der Waals surface area contributed by atoms with Gasteiger partial charge in [0.25, 0.3) is 0 Å². The first-order valence-electron chi connectivity index (χ1n) is 14.6. The van der Waals surface area contributed by atoms with Gasteiger partial charge in [-0.25, -0.2) is 4.79 Å². The van der Waals surface area contributed by atoms with Crippen LogP contribution in [0.15, 0.2) is 24.3 Å². The number of nitrogens with zero attached hydrogens (tertiary/aromatic N) is 1. The van der Waals surface area contributed by atoms with Crippen LogP contribution < -0.4 is 5.73 Å². The van der Waals surface area contributed by atoms with Gasteiger partial charge in [-0.05, 0) is 44.4 Å². The number of fused-ring (bicyclic) bond motifs is 2. The Labute approximate surface area is 234 Å². The number of aliphatic hydroxyl groups is 3. The van der Waals surface area contributed by atoms with Gasteiger partial charge in [0.05, 0.1) is 29.3 Å². The zero-order valence-electron chi connectivity index (χ0n) is 23.7. The number of para-hydroxylation sites is 1. The number of ether oxygens (including phenoxy) is 4. The van der Waals surface area contributed by atoms with Gasteiger partial charge in [-0.15, -0.1) is 0 Å². The molecule has 1 aliphatic heterocycles. The summed E-state index contributed by atoms with van der Waals surface area (Å²) in [7, 11) is 4.80. The molecule has 0 aromatic heterocycles. The van der Waals surface area contributed by atoms with Gasteiger partial charge in [0.15, 0.2) is 0 Å². The average molecular weight is 559 g/mol. The smallest absolute Gasteiger partial charge is 0.340 e. The highest BCUT2D eigenvalue weighted by Gasteiger charge is 2.94. The molecule has 220 valence electrons. The SMILES string of the molecule is CCN1C[C@]2(OC(=O)c3ccccc3N)CC[C@H](OC)[C@]34C1[C@H](C[C@H]23)[C@@]1(O)C[C@H](OC)[C@H]2C[C@]4(O)[C@]1(O)[C@H]2OC. The molecule has 7 rings (SSSR count). The van der Waals surface area contributed by atoms with Crippen molar-refractivity contribution in [3.63, 3.8) is 0 Å². The Balaban J connectivity index is 1.45. The highest BCUT2D eigenvalue weighted by Crippen LogP contribution is 2.80. The molecule has 12 atom stereocenters. The first-order chi connectivity index (χ1) is 19.0. The van der Waals surface area contributed by atoms with Crippen molar-refractivity contribution < 1.29 is 39.1 Å². The molecule has 5 aliphatic carbocycles. The molecule has 7 bridgehead atoms. The zero-order chi connectivity index (χ0) is 28.5. The Bertz CT molecular complexity index is 1230. The molecule has 1 unspecified atom stereocenters. The van der Waals surface area contributed by atoms with Crippen LogP contribution in [0.1, 0.15) is 49.4 Å². The lowest BCUT2D eigenvalue weighted by Gasteiger charge is -2.73. The van der Waals surface area contributed by atoms with Gasteiger partial charge in [-0.2, -0.15) is 0 Å².